The lowest BCUT2D eigenvalue weighted by atomic mass is 10.0. The third-order valence-electron chi connectivity index (χ3n) is 2.76. The van der Waals surface area contributed by atoms with Crippen molar-refractivity contribution < 1.29 is 9.90 Å². The number of aliphatic hydroxyl groups is 1. The normalized spacial score (nSPS) is 13.8. The molecular weight excluding hydrogens is 328 g/mol. The molecule has 0 radical (unpaired) electrons. The molecule has 0 aliphatic carbocycles. The molecule has 106 valence electrons. The lowest BCUT2D eigenvalue weighted by Gasteiger charge is -2.20. The van der Waals surface area contributed by atoms with Gasteiger partial charge in [0.05, 0.1) is 12.1 Å². The number of rotatable bonds is 4. The van der Waals surface area contributed by atoms with E-state index in [1.807, 2.05) is 0 Å². The van der Waals surface area contributed by atoms with Gasteiger partial charge in [0.2, 0.25) is 5.82 Å². The first-order chi connectivity index (χ1) is 9.47. The Morgan fingerprint density at radius 1 is 1.40 bits per heavy atom. The lowest BCUT2D eigenvalue weighted by molar-refractivity contribution is 0.0842. The molecule has 0 spiro atoms. The molecule has 1 aromatic heterocycles. The molecule has 20 heavy (non-hydrogen) atoms. The predicted octanol–water partition coefficient (Wildman–Crippen LogP) is 0.712. The van der Waals surface area contributed by atoms with Crippen molar-refractivity contribution in [3.8, 4) is 0 Å². The summed E-state index contributed by atoms with van der Waals surface area (Å²) in [6.45, 7) is 1.66. The van der Waals surface area contributed by atoms with Gasteiger partial charge in [-0.25, -0.2) is 9.89 Å². The number of H-pyrrole nitrogens is 2. The summed E-state index contributed by atoms with van der Waals surface area (Å²) < 4.78 is 0.902. The Hall–Kier alpha value is -1.93. The zero-order chi connectivity index (χ0) is 14.7. The van der Waals surface area contributed by atoms with Crippen LogP contribution in [0.5, 0.6) is 0 Å². The number of benzene rings is 1. The van der Waals surface area contributed by atoms with Crippen molar-refractivity contribution in [2.45, 2.75) is 19.1 Å². The molecular formula is C12H13BrN4O3. The van der Waals surface area contributed by atoms with Gasteiger partial charge in [0.15, 0.2) is 0 Å². The average Bonchev–Trinajstić information content (AvgIpc) is 2.85. The van der Waals surface area contributed by atoms with Gasteiger partial charge in [0, 0.05) is 4.47 Å². The summed E-state index contributed by atoms with van der Waals surface area (Å²) in [4.78, 5) is 24.9. The second kappa shape index (κ2) is 6.02. The van der Waals surface area contributed by atoms with Crippen molar-refractivity contribution >= 4 is 21.8 Å². The highest BCUT2D eigenvalue weighted by atomic mass is 79.9. The maximum absolute atomic E-state index is 11.8. The van der Waals surface area contributed by atoms with Crippen molar-refractivity contribution in [1.29, 1.82) is 0 Å². The minimum Gasteiger partial charge on any atom is -0.386 e. The lowest BCUT2D eigenvalue weighted by Crippen LogP contribution is -2.37. The van der Waals surface area contributed by atoms with Crippen LogP contribution in [0.4, 0.5) is 0 Å². The average molecular weight is 341 g/mol. The highest BCUT2D eigenvalue weighted by Crippen LogP contribution is 2.19. The van der Waals surface area contributed by atoms with Gasteiger partial charge in [0.1, 0.15) is 0 Å². The molecule has 1 heterocycles. The minimum atomic E-state index is -0.863. The summed E-state index contributed by atoms with van der Waals surface area (Å²) in [6.07, 6.45) is -0.863. The van der Waals surface area contributed by atoms with Crippen LogP contribution in [0.3, 0.4) is 0 Å². The summed E-state index contributed by atoms with van der Waals surface area (Å²) in [6, 6.07) is 6.59. The van der Waals surface area contributed by atoms with Crippen LogP contribution in [-0.2, 0) is 0 Å². The summed E-state index contributed by atoms with van der Waals surface area (Å²) >= 11 is 3.31. The molecule has 0 fully saturated rings. The van der Waals surface area contributed by atoms with Gasteiger partial charge >= 0.3 is 5.69 Å². The number of nitrogens with zero attached hydrogens (tertiary/aromatic N) is 1. The van der Waals surface area contributed by atoms with Crippen LogP contribution >= 0.6 is 15.9 Å². The summed E-state index contributed by atoms with van der Waals surface area (Å²) in [5, 5.41) is 18.3. The Morgan fingerprint density at radius 2 is 2.05 bits per heavy atom. The Kier molecular flexibility index (Phi) is 4.35. The molecule has 0 aliphatic rings. The molecule has 2 atom stereocenters. The van der Waals surface area contributed by atoms with Crippen molar-refractivity contribution in [2.75, 3.05) is 0 Å². The van der Waals surface area contributed by atoms with Gasteiger partial charge in [-0.1, -0.05) is 28.1 Å². The number of nitrogens with one attached hydrogen (secondary N) is 3. The van der Waals surface area contributed by atoms with E-state index in [4.69, 9.17) is 0 Å². The van der Waals surface area contributed by atoms with Crippen LogP contribution in [0.2, 0.25) is 0 Å². The van der Waals surface area contributed by atoms with E-state index in [0.717, 1.165) is 4.47 Å². The Morgan fingerprint density at radius 3 is 2.60 bits per heavy atom. The van der Waals surface area contributed by atoms with E-state index >= 15 is 0 Å². The molecule has 0 aliphatic heterocycles. The molecule has 1 aromatic carbocycles. The van der Waals surface area contributed by atoms with Gasteiger partial charge in [0.25, 0.3) is 5.91 Å². The van der Waals surface area contributed by atoms with Crippen molar-refractivity contribution in [3.63, 3.8) is 0 Å². The van der Waals surface area contributed by atoms with E-state index in [2.05, 4.69) is 36.4 Å². The van der Waals surface area contributed by atoms with Crippen molar-refractivity contribution in [2.24, 2.45) is 0 Å². The summed E-state index contributed by atoms with van der Waals surface area (Å²) in [7, 11) is 0. The van der Waals surface area contributed by atoms with Crippen LogP contribution in [0.25, 0.3) is 0 Å². The minimum absolute atomic E-state index is 0.121. The van der Waals surface area contributed by atoms with Crippen molar-refractivity contribution in [1.82, 2.24) is 20.5 Å². The Labute approximate surface area is 122 Å². The molecule has 2 aromatic rings. The second-order valence-electron chi connectivity index (χ2n) is 4.28. The topological polar surface area (TPSA) is 111 Å². The van der Waals surface area contributed by atoms with Crippen LogP contribution in [0.15, 0.2) is 33.5 Å². The summed E-state index contributed by atoms with van der Waals surface area (Å²) in [5.41, 5.74) is 0.118. The highest BCUT2D eigenvalue weighted by Gasteiger charge is 2.20. The first-order valence-corrected chi connectivity index (χ1v) is 6.66. The number of aromatic amines is 2. The fraction of sp³-hybridized carbons (Fsp3) is 0.250. The van der Waals surface area contributed by atoms with Crippen molar-refractivity contribution in [3.05, 3.63) is 50.6 Å². The second-order valence-corrected chi connectivity index (χ2v) is 5.20. The van der Waals surface area contributed by atoms with Crippen LogP contribution in [-0.4, -0.2) is 32.2 Å². The van der Waals surface area contributed by atoms with Gasteiger partial charge in [-0.05, 0) is 24.6 Å². The quantitative estimate of drug-likeness (QED) is 0.656. The van der Waals surface area contributed by atoms with E-state index < -0.39 is 23.7 Å². The third-order valence-corrected chi connectivity index (χ3v) is 3.29. The van der Waals surface area contributed by atoms with Gasteiger partial charge in [-0.3, -0.25) is 9.78 Å². The maximum Gasteiger partial charge on any atom is 0.341 e. The highest BCUT2D eigenvalue weighted by molar-refractivity contribution is 9.10. The molecule has 8 heteroatoms. The van der Waals surface area contributed by atoms with Gasteiger partial charge in [-0.2, -0.15) is 0 Å². The van der Waals surface area contributed by atoms with E-state index in [-0.39, 0.29) is 5.82 Å². The van der Waals surface area contributed by atoms with Gasteiger partial charge < -0.3 is 10.4 Å². The SMILES string of the molecule is CC(NC(=O)c1n[nH]c(=O)[nH]1)C(O)c1ccc(Br)cc1. The van der Waals surface area contributed by atoms with E-state index in [1.165, 1.54) is 0 Å². The third kappa shape index (κ3) is 3.34. The number of carbonyl (C=O) groups excluding carboxylic acids is 1. The van der Waals surface area contributed by atoms with Crippen LogP contribution < -0.4 is 11.0 Å². The fourth-order valence-corrected chi connectivity index (χ4v) is 1.94. The monoisotopic (exact) mass is 340 g/mol. The molecule has 0 saturated heterocycles. The maximum atomic E-state index is 11.8. The Balaban J connectivity index is 2.04. The molecule has 7 nitrogen and oxygen atoms in total. The predicted molar refractivity (Wildman–Crippen MR) is 75.2 cm³/mol. The Bertz CT molecular complexity index is 649. The van der Waals surface area contributed by atoms with E-state index in [0.29, 0.717) is 5.56 Å². The molecule has 0 bridgehead atoms. The fourth-order valence-electron chi connectivity index (χ4n) is 1.68. The molecule has 2 rings (SSSR count). The van der Waals surface area contributed by atoms with Gasteiger partial charge in [-0.15, -0.1) is 5.10 Å². The zero-order valence-corrected chi connectivity index (χ0v) is 12.1. The standard InChI is InChI=1S/C12H13BrN4O3/c1-6(9(18)7-2-4-8(13)5-3-7)14-11(19)10-15-12(20)17-16-10/h2-6,9,18H,1H3,(H,14,19)(H2,15,16,17,20). The zero-order valence-electron chi connectivity index (χ0n) is 10.6. The number of aliphatic hydroxyl groups excluding tert-OH is 1. The number of hydrogen-bond donors (Lipinski definition) is 4. The first kappa shape index (κ1) is 14.5. The number of aromatic nitrogens is 3. The number of halogens is 1. The summed E-state index contributed by atoms with van der Waals surface area (Å²) in [5.74, 6) is -0.683. The number of amides is 1. The number of hydrogen-bond acceptors (Lipinski definition) is 4. The van der Waals surface area contributed by atoms with Crippen LogP contribution in [0.1, 0.15) is 29.2 Å². The molecule has 4 N–H and O–H groups in total. The van der Waals surface area contributed by atoms with E-state index in [1.54, 1.807) is 31.2 Å². The van der Waals surface area contributed by atoms with Crippen LogP contribution in [0, 0.1) is 0 Å². The molecule has 1 amide bonds. The first-order valence-electron chi connectivity index (χ1n) is 5.86. The largest absolute Gasteiger partial charge is 0.386 e. The smallest absolute Gasteiger partial charge is 0.341 e. The van der Waals surface area contributed by atoms with E-state index in [9.17, 15) is 14.7 Å². The molecule has 2 unspecified atom stereocenters. The molecule has 0 saturated carbocycles. The number of carbonyl (C=O) groups is 1.